The fourth-order valence-electron chi connectivity index (χ4n) is 1.07. The molecule has 0 fully saturated rings. The molecule has 0 aliphatic heterocycles. The molecule has 0 saturated carbocycles. The summed E-state index contributed by atoms with van der Waals surface area (Å²) < 4.78 is 10.9. The van der Waals surface area contributed by atoms with Crippen molar-refractivity contribution >= 4 is 0 Å². The first kappa shape index (κ1) is 12.9. The molecule has 80 valence electrons. The van der Waals surface area contributed by atoms with Crippen LogP contribution >= 0.6 is 0 Å². The minimum Gasteiger partial charge on any atom is -0.396 e. The molecule has 1 N–H and O–H groups in total. The Hall–Kier alpha value is -0.120. The summed E-state index contributed by atoms with van der Waals surface area (Å²) in [6.45, 7) is 5.72. The summed E-state index contributed by atoms with van der Waals surface area (Å²) in [5.74, 6) is 0. The minimum atomic E-state index is -0.0475. The average molecular weight is 190 g/mol. The topological polar surface area (TPSA) is 38.7 Å². The summed E-state index contributed by atoms with van der Waals surface area (Å²) in [5.41, 5.74) is 0. The standard InChI is InChI=1S/C10H22O3/c1-3-7-10(12-4-2)13-9-6-5-8-11/h10-11H,3-9H2,1-2H3. The maximum atomic E-state index is 8.55. The van der Waals surface area contributed by atoms with Crippen LogP contribution in [0.4, 0.5) is 0 Å². The Kier molecular flexibility index (Phi) is 9.87. The van der Waals surface area contributed by atoms with Crippen LogP contribution in [0.15, 0.2) is 0 Å². The highest BCUT2D eigenvalue weighted by Gasteiger charge is 2.05. The van der Waals surface area contributed by atoms with Gasteiger partial charge in [0.2, 0.25) is 0 Å². The summed E-state index contributed by atoms with van der Waals surface area (Å²) in [7, 11) is 0. The summed E-state index contributed by atoms with van der Waals surface area (Å²) in [6, 6.07) is 0. The fourth-order valence-corrected chi connectivity index (χ4v) is 1.07. The van der Waals surface area contributed by atoms with Gasteiger partial charge in [-0.1, -0.05) is 13.3 Å². The van der Waals surface area contributed by atoms with E-state index < -0.39 is 0 Å². The maximum Gasteiger partial charge on any atom is 0.157 e. The van der Waals surface area contributed by atoms with Crippen LogP contribution in [0, 0.1) is 0 Å². The van der Waals surface area contributed by atoms with E-state index in [0.717, 1.165) is 25.7 Å². The highest BCUT2D eigenvalue weighted by Crippen LogP contribution is 2.05. The number of rotatable bonds is 9. The lowest BCUT2D eigenvalue weighted by molar-refractivity contribution is -0.143. The molecular weight excluding hydrogens is 168 g/mol. The van der Waals surface area contributed by atoms with E-state index in [2.05, 4.69) is 6.92 Å². The predicted octanol–water partition coefficient (Wildman–Crippen LogP) is 1.94. The third kappa shape index (κ3) is 8.22. The maximum absolute atomic E-state index is 8.55. The van der Waals surface area contributed by atoms with Gasteiger partial charge in [-0.05, 0) is 26.2 Å². The first-order chi connectivity index (χ1) is 6.35. The van der Waals surface area contributed by atoms with Gasteiger partial charge in [-0.3, -0.25) is 0 Å². The lowest BCUT2D eigenvalue weighted by atomic mass is 10.3. The minimum absolute atomic E-state index is 0.0475. The first-order valence-electron chi connectivity index (χ1n) is 5.19. The van der Waals surface area contributed by atoms with Crippen LogP contribution in [0.5, 0.6) is 0 Å². The van der Waals surface area contributed by atoms with Gasteiger partial charge < -0.3 is 14.6 Å². The second kappa shape index (κ2) is 9.96. The molecule has 0 rings (SSSR count). The van der Waals surface area contributed by atoms with E-state index in [9.17, 15) is 0 Å². The Bertz CT molecular complexity index is 90.2. The quantitative estimate of drug-likeness (QED) is 0.446. The van der Waals surface area contributed by atoms with E-state index >= 15 is 0 Å². The third-order valence-electron chi connectivity index (χ3n) is 1.73. The number of hydrogen-bond donors (Lipinski definition) is 1. The van der Waals surface area contributed by atoms with Crippen LogP contribution in [0.3, 0.4) is 0 Å². The van der Waals surface area contributed by atoms with Crippen molar-refractivity contribution in [2.75, 3.05) is 19.8 Å². The van der Waals surface area contributed by atoms with E-state index in [0.29, 0.717) is 13.2 Å². The van der Waals surface area contributed by atoms with Crippen LogP contribution < -0.4 is 0 Å². The molecule has 3 nitrogen and oxygen atoms in total. The normalized spacial score (nSPS) is 13.2. The van der Waals surface area contributed by atoms with E-state index in [1.807, 2.05) is 6.92 Å². The van der Waals surface area contributed by atoms with Gasteiger partial charge in [0.15, 0.2) is 6.29 Å². The molecule has 0 radical (unpaired) electrons. The molecule has 0 saturated heterocycles. The summed E-state index contributed by atoms with van der Waals surface area (Å²) in [6.07, 6.45) is 3.69. The Morgan fingerprint density at radius 3 is 2.46 bits per heavy atom. The van der Waals surface area contributed by atoms with Crippen molar-refractivity contribution in [1.82, 2.24) is 0 Å². The second-order valence-corrected chi connectivity index (χ2v) is 2.98. The van der Waals surface area contributed by atoms with E-state index in [1.54, 1.807) is 0 Å². The van der Waals surface area contributed by atoms with Gasteiger partial charge in [0.05, 0.1) is 0 Å². The van der Waals surface area contributed by atoms with Crippen LogP contribution in [0.2, 0.25) is 0 Å². The molecule has 1 atom stereocenters. The molecule has 0 aromatic carbocycles. The molecule has 0 aromatic rings. The van der Waals surface area contributed by atoms with Crippen LogP contribution in [-0.4, -0.2) is 31.2 Å². The highest BCUT2D eigenvalue weighted by atomic mass is 16.7. The van der Waals surface area contributed by atoms with Gasteiger partial charge in [0.25, 0.3) is 0 Å². The molecule has 0 aliphatic carbocycles. The molecule has 0 amide bonds. The zero-order chi connectivity index (χ0) is 9.94. The Morgan fingerprint density at radius 2 is 1.92 bits per heavy atom. The molecule has 0 bridgehead atoms. The van der Waals surface area contributed by atoms with Crippen LogP contribution in [-0.2, 0) is 9.47 Å². The van der Waals surface area contributed by atoms with Gasteiger partial charge in [0, 0.05) is 19.8 Å². The van der Waals surface area contributed by atoms with Crippen molar-refractivity contribution in [3.8, 4) is 0 Å². The Labute approximate surface area is 81.0 Å². The lowest BCUT2D eigenvalue weighted by Gasteiger charge is -2.16. The zero-order valence-electron chi connectivity index (χ0n) is 8.79. The fraction of sp³-hybridized carbons (Fsp3) is 1.00. The molecule has 0 spiro atoms. The van der Waals surface area contributed by atoms with Crippen LogP contribution in [0.1, 0.15) is 39.5 Å². The van der Waals surface area contributed by atoms with Crippen LogP contribution in [0.25, 0.3) is 0 Å². The number of aliphatic hydroxyl groups is 1. The Morgan fingerprint density at radius 1 is 1.15 bits per heavy atom. The average Bonchev–Trinajstić information content (AvgIpc) is 2.13. The highest BCUT2D eigenvalue weighted by molar-refractivity contribution is 4.44. The molecule has 0 aromatic heterocycles. The second-order valence-electron chi connectivity index (χ2n) is 2.98. The van der Waals surface area contributed by atoms with Gasteiger partial charge in [-0.25, -0.2) is 0 Å². The monoisotopic (exact) mass is 190 g/mol. The van der Waals surface area contributed by atoms with Crippen molar-refractivity contribution < 1.29 is 14.6 Å². The zero-order valence-corrected chi connectivity index (χ0v) is 8.79. The predicted molar refractivity (Wildman–Crippen MR) is 52.6 cm³/mol. The van der Waals surface area contributed by atoms with Crippen molar-refractivity contribution in [3.05, 3.63) is 0 Å². The first-order valence-corrected chi connectivity index (χ1v) is 5.19. The Balaban J connectivity index is 3.33. The van der Waals surface area contributed by atoms with Crippen molar-refractivity contribution in [3.63, 3.8) is 0 Å². The number of unbranched alkanes of at least 4 members (excludes halogenated alkanes) is 1. The smallest absolute Gasteiger partial charge is 0.157 e. The molecule has 0 aliphatic rings. The summed E-state index contributed by atoms with van der Waals surface area (Å²) in [4.78, 5) is 0. The van der Waals surface area contributed by atoms with E-state index in [4.69, 9.17) is 14.6 Å². The third-order valence-corrected chi connectivity index (χ3v) is 1.73. The van der Waals surface area contributed by atoms with Crippen molar-refractivity contribution in [1.29, 1.82) is 0 Å². The number of hydrogen-bond acceptors (Lipinski definition) is 3. The van der Waals surface area contributed by atoms with Gasteiger partial charge in [-0.2, -0.15) is 0 Å². The summed E-state index contributed by atoms with van der Waals surface area (Å²) in [5, 5.41) is 8.55. The van der Waals surface area contributed by atoms with Gasteiger partial charge in [-0.15, -0.1) is 0 Å². The number of ether oxygens (including phenoxy) is 2. The SMILES string of the molecule is CCCC(OCC)OCCCCO. The molecular formula is C10H22O3. The molecule has 3 heteroatoms. The lowest BCUT2D eigenvalue weighted by Crippen LogP contribution is -2.17. The number of aliphatic hydroxyl groups excluding tert-OH is 1. The van der Waals surface area contributed by atoms with Crippen molar-refractivity contribution in [2.24, 2.45) is 0 Å². The summed E-state index contributed by atoms with van der Waals surface area (Å²) >= 11 is 0. The molecule has 0 heterocycles. The molecule has 1 unspecified atom stereocenters. The van der Waals surface area contributed by atoms with E-state index in [-0.39, 0.29) is 12.9 Å². The van der Waals surface area contributed by atoms with Crippen molar-refractivity contribution in [2.45, 2.75) is 45.8 Å². The molecule has 13 heavy (non-hydrogen) atoms. The largest absolute Gasteiger partial charge is 0.396 e. The van der Waals surface area contributed by atoms with E-state index in [1.165, 1.54) is 0 Å². The van der Waals surface area contributed by atoms with Gasteiger partial charge >= 0.3 is 0 Å². The van der Waals surface area contributed by atoms with Gasteiger partial charge in [0.1, 0.15) is 0 Å².